The molecule has 0 bridgehead atoms. The van der Waals surface area contributed by atoms with E-state index in [0.29, 0.717) is 0 Å². The van der Waals surface area contributed by atoms with Crippen LogP contribution in [0.5, 0.6) is 0 Å². The summed E-state index contributed by atoms with van der Waals surface area (Å²) in [7, 11) is -2.42. The van der Waals surface area contributed by atoms with Crippen molar-refractivity contribution in [2.75, 3.05) is 13.6 Å². The maximum absolute atomic E-state index is 12.5. The third-order valence-corrected chi connectivity index (χ3v) is 5.18. The molecule has 1 aromatic carbocycles. The van der Waals surface area contributed by atoms with E-state index >= 15 is 0 Å². The van der Waals surface area contributed by atoms with Gasteiger partial charge in [-0.2, -0.15) is 0 Å². The summed E-state index contributed by atoms with van der Waals surface area (Å²) in [5, 5.41) is 0.938. The fraction of sp³-hybridized carbons (Fsp3) is 0.500. The van der Waals surface area contributed by atoms with Gasteiger partial charge in [0.25, 0.3) is 10.0 Å². The largest absolute Gasteiger partial charge is 0.446 e. The molecular formula is C20H29N3O6S. The summed E-state index contributed by atoms with van der Waals surface area (Å²) < 4.78 is 36.0. The quantitative estimate of drug-likeness (QED) is 0.415. The number of carbonyl (C=O) groups excluding carboxylic acids is 2. The van der Waals surface area contributed by atoms with Crippen LogP contribution in [-0.4, -0.2) is 55.7 Å². The van der Waals surface area contributed by atoms with Crippen molar-refractivity contribution < 1.29 is 27.5 Å². The molecule has 0 unspecified atom stereocenters. The van der Waals surface area contributed by atoms with Crippen molar-refractivity contribution in [2.24, 2.45) is 0 Å². The van der Waals surface area contributed by atoms with Gasteiger partial charge in [0.15, 0.2) is 0 Å². The van der Waals surface area contributed by atoms with Gasteiger partial charge < -0.3 is 9.47 Å². The highest BCUT2D eigenvalue weighted by molar-refractivity contribution is 7.89. The topological polar surface area (TPSA) is 105 Å². The van der Waals surface area contributed by atoms with Crippen molar-refractivity contribution in [3.05, 3.63) is 29.8 Å². The zero-order valence-electron chi connectivity index (χ0n) is 18.1. The zero-order valence-corrected chi connectivity index (χ0v) is 18.9. The molecule has 2 amide bonds. The van der Waals surface area contributed by atoms with E-state index < -0.39 is 22.2 Å². The van der Waals surface area contributed by atoms with Crippen molar-refractivity contribution >= 4 is 22.2 Å². The molecule has 10 heteroatoms. The molecule has 0 radical (unpaired) electrons. The SMILES string of the molecule is Cc1ccc(S(=O)(=O)N(C)C#CCCN(NC(=O)OC(C)C)C(=O)OC(C)C)cc1. The lowest BCUT2D eigenvalue weighted by Crippen LogP contribution is -2.48. The summed E-state index contributed by atoms with van der Waals surface area (Å²) in [6, 6.07) is 8.96. The number of rotatable bonds is 6. The van der Waals surface area contributed by atoms with E-state index in [9.17, 15) is 18.0 Å². The molecule has 1 rings (SSSR count). The van der Waals surface area contributed by atoms with Crippen LogP contribution in [-0.2, 0) is 19.5 Å². The first-order valence-corrected chi connectivity index (χ1v) is 10.9. The Morgan fingerprint density at radius 3 is 2.17 bits per heavy atom. The number of hydrazine groups is 1. The standard InChI is InChI=1S/C20H29N3O6S/c1-15(2)28-19(24)21-23(20(25)29-16(3)4)14-8-7-13-22(6)30(26,27)18-11-9-17(5)10-12-18/h9-12,15-16H,8,14H2,1-6H3,(H,21,24). The van der Waals surface area contributed by atoms with Crippen LogP contribution in [0, 0.1) is 18.9 Å². The van der Waals surface area contributed by atoms with Crippen LogP contribution in [0.4, 0.5) is 9.59 Å². The highest BCUT2D eigenvalue weighted by Gasteiger charge is 2.20. The van der Waals surface area contributed by atoms with Gasteiger partial charge in [0.2, 0.25) is 0 Å². The minimum Gasteiger partial charge on any atom is -0.446 e. The third-order valence-electron chi connectivity index (χ3n) is 3.50. The monoisotopic (exact) mass is 439 g/mol. The second-order valence-electron chi connectivity index (χ2n) is 6.97. The van der Waals surface area contributed by atoms with Gasteiger partial charge in [-0.25, -0.2) is 32.7 Å². The van der Waals surface area contributed by atoms with E-state index in [1.165, 1.54) is 19.2 Å². The maximum Gasteiger partial charge on any atom is 0.429 e. The van der Waals surface area contributed by atoms with Crippen LogP contribution in [0.1, 0.15) is 39.7 Å². The Bertz CT molecular complexity index is 885. The second-order valence-corrected chi connectivity index (χ2v) is 8.94. The van der Waals surface area contributed by atoms with E-state index in [1.807, 2.05) is 6.92 Å². The Morgan fingerprint density at radius 2 is 1.63 bits per heavy atom. The molecule has 0 aliphatic heterocycles. The Kier molecular flexibility index (Phi) is 9.46. The lowest BCUT2D eigenvalue weighted by molar-refractivity contribution is 0.0479. The molecule has 0 aliphatic rings. The first kappa shape index (κ1) is 25.1. The van der Waals surface area contributed by atoms with Gasteiger partial charge in [-0.3, -0.25) is 0 Å². The van der Waals surface area contributed by atoms with Crippen LogP contribution in [0.3, 0.4) is 0 Å². The molecule has 1 N–H and O–H groups in total. The summed E-state index contributed by atoms with van der Waals surface area (Å²) >= 11 is 0. The maximum atomic E-state index is 12.5. The first-order chi connectivity index (χ1) is 13.9. The lowest BCUT2D eigenvalue weighted by Gasteiger charge is -2.23. The first-order valence-electron chi connectivity index (χ1n) is 9.43. The average Bonchev–Trinajstić information content (AvgIpc) is 2.63. The lowest BCUT2D eigenvalue weighted by atomic mass is 10.2. The second kappa shape index (κ2) is 11.3. The van der Waals surface area contributed by atoms with Gasteiger partial charge in [0, 0.05) is 19.5 Å². The summed E-state index contributed by atoms with van der Waals surface area (Å²) in [6.45, 7) is 8.53. The predicted octanol–water partition coefficient (Wildman–Crippen LogP) is 2.86. The summed E-state index contributed by atoms with van der Waals surface area (Å²) in [6.07, 6.45) is -2.25. The molecule has 166 valence electrons. The number of amides is 2. The van der Waals surface area contributed by atoms with Crippen molar-refractivity contribution in [1.82, 2.24) is 14.7 Å². The number of nitrogens with one attached hydrogen (secondary N) is 1. The zero-order chi connectivity index (χ0) is 22.9. The molecule has 30 heavy (non-hydrogen) atoms. The average molecular weight is 440 g/mol. The number of hydrogen-bond acceptors (Lipinski definition) is 6. The van der Waals surface area contributed by atoms with Gasteiger partial charge in [-0.1, -0.05) is 23.6 Å². The molecule has 0 aromatic heterocycles. The van der Waals surface area contributed by atoms with Crippen LogP contribution >= 0.6 is 0 Å². The number of hydrogen-bond donors (Lipinski definition) is 1. The van der Waals surface area contributed by atoms with Crippen molar-refractivity contribution in [3.8, 4) is 12.0 Å². The van der Waals surface area contributed by atoms with E-state index in [1.54, 1.807) is 39.8 Å². The van der Waals surface area contributed by atoms with Crippen LogP contribution in [0.2, 0.25) is 0 Å². The number of aryl methyl sites for hydroxylation is 1. The van der Waals surface area contributed by atoms with E-state index in [4.69, 9.17) is 9.47 Å². The Labute approximate surface area is 178 Å². The van der Waals surface area contributed by atoms with Gasteiger partial charge in [-0.15, -0.1) is 0 Å². The Hall–Kier alpha value is -2.93. The van der Waals surface area contributed by atoms with Crippen molar-refractivity contribution in [3.63, 3.8) is 0 Å². The summed E-state index contributed by atoms with van der Waals surface area (Å²) in [5.41, 5.74) is 3.25. The molecule has 9 nitrogen and oxygen atoms in total. The van der Waals surface area contributed by atoms with Crippen LogP contribution in [0.25, 0.3) is 0 Å². The molecule has 0 saturated heterocycles. The number of ether oxygens (including phenoxy) is 2. The smallest absolute Gasteiger partial charge is 0.429 e. The minimum absolute atomic E-state index is 0.0236. The molecule has 0 aliphatic carbocycles. The molecule has 0 saturated carbocycles. The summed E-state index contributed by atoms with van der Waals surface area (Å²) in [5.74, 6) is 2.68. The molecule has 0 heterocycles. The van der Waals surface area contributed by atoms with Gasteiger partial charge >= 0.3 is 12.2 Å². The highest BCUT2D eigenvalue weighted by atomic mass is 32.2. The van der Waals surface area contributed by atoms with Gasteiger partial charge in [0.05, 0.1) is 23.6 Å². The number of nitrogens with zero attached hydrogens (tertiary/aromatic N) is 2. The molecule has 0 atom stereocenters. The number of sulfonamides is 1. The predicted molar refractivity (Wildman–Crippen MR) is 112 cm³/mol. The van der Waals surface area contributed by atoms with Gasteiger partial charge in [0.1, 0.15) is 0 Å². The molecule has 1 aromatic rings. The van der Waals surface area contributed by atoms with E-state index in [-0.39, 0.29) is 30.1 Å². The molecule has 0 fully saturated rings. The van der Waals surface area contributed by atoms with Crippen LogP contribution in [0.15, 0.2) is 29.2 Å². The van der Waals surface area contributed by atoms with E-state index in [2.05, 4.69) is 17.4 Å². The van der Waals surface area contributed by atoms with Crippen LogP contribution < -0.4 is 5.43 Å². The van der Waals surface area contributed by atoms with E-state index in [0.717, 1.165) is 14.9 Å². The highest BCUT2D eigenvalue weighted by Crippen LogP contribution is 2.14. The number of carbonyl (C=O) groups is 2. The van der Waals surface area contributed by atoms with Gasteiger partial charge in [-0.05, 0) is 46.8 Å². The molecular weight excluding hydrogens is 410 g/mol. The van der Waals surface area contributed by atoms with Crippen molar-refractivity contribution in [1.29, 1.82) is 0 Å². The summed E-state index contributed by atoms with van der Waals surface area (Å²) in [4.78, 5) is 24.1. The van der Waals surface area contributed by atoms with Crippen molar-refractivity contribution in [2.45, 2.75) is 58.1 Å². The third kappa shape index (κ3) is 8.21. The Morgan fingerprint density at radius 1 is 1.07 bits per heavy atom. The number of benzene rings is 1. The molecule has 0 spiro atoms. The Balaban J connectivity index is 2.79. The normalized spacial score (nSPS) is 10.8. The fourth-order valence-corrected chi connectivity index (χ4v) is 3.05. The fourth-order valence-electron chi connectivity index (χ4n) is 2.07. The minimum atomic E-state index is -3.76.